The number of nitrogens with zero attached hydrogens (tertiary/aromatic N) is 2. The van der Waals surface area contributed by atoms with Gasteiger partial charge in [0.25, 0.3) is 0 Å². The summed E-state index contributed by atoms with van der Waals surface area (Å²) in [5, 5.41) is 4.04. The minimum atomic E-state index is 0.682. The number of aryl methyl sites for hydroxylation is 1. The summed E-state index contributed by atoms with van der Waals surface area (Å²) < 4.78 is 3.24. The molecule has 5 heteroatoms. The molecule has 17 heavy (non-hydrogen) atoms. The highest BCUT2D eigenvalue weighted by atomic mass is 127. The van der Waals surface area contributed by atoms with Crippen molar-refractivity contribution in [3.8, 4) is 0 Å². The minimum Gasteiger partial charge on any atom is -0.377 e. The Morgan fingerprint density at radius 1 is 1.47 bits per heavy atom. The lowest BCUT2D eigenvalue weighted by atomic mass is 10.3. The molecular formula is C12H13ClIN3. The van der Waals surface area contributed by atoms with E-state index >= 15 is 0 Å². The largest absolute Gasteiger partial charge is 0.377 e. The zero-order valence-electron chi connectivity index (χ0n) is 9.45. The predicted octanol–water partition coefficient (Wildman–Crippen LogP) is 3.77. The third kappa shape index (κ3) is 3.13. The first kappa shape index (κ1) is 12.7. The molecule has 0 unspecified atom stereocenters. The Kier molecular flexibility index (Phi) is 4.28. The molecule has 1 N–H and O–H groups in total. The number of nitrogens with one attached hydrogen (secondary N) is 1. The summed E-state index contributed by atoms with van der Waals surface area (Å²) in [6, 6.07) is 5.96. The zero-order chi connectivity index (χ0) is 12.3. The van der Waals surface area contributed by atoms with Gasteiger partial charge in [-0.2, -0.15) is 0 Å². The van der Waals surface area contributed by atoms with Gasteiger partial charge in [0.1, 0.15) is 5.82 Å². The van der Waals surface area contributed by atoms with Crippen molar-refractivity contribution in [2.45, 2.75) is 20.0 Å². The summed E-state index contributed by atoms with van der Waals surface area (Å²) in [5.41, 5.74) is 0.942. The maximum atomic E-state index is 6.15. The second kappa shape index (κ2) is 5.73. The summed E-state index contributed by atoms with van der Waals surface area (Å²) in [4.78, 5) is 4.31. The normalized spacial score (nSPS) is 10.5. The first-order valence-electron chi connectivity index (χ1n) is 5.39. The van der Waals surface area contributed by atoms with Crippen molar-refractivity contribution in [3.63, 3.8) is 0 Å². The average Bonchev–Trinajstić information content (AvgIpc) is 2.75. The highest BCUT2D eigenvalue weighted by Crippen LogP contribution is 2.24. The summed E-state index contributed by atoms with van der Waals surface area (Å²) in [6.07, 6.45) is 3.79. The molecule has 0 saturated carbocycles. The third-order valence-corrected chi connectivity index (χ3v) is 3.49. The zero-order valence-corrected chi connectivity index (χ0v) is 12.4. The summed E-state index contributed by atoms with van der Waals surface area (Å²) in [6.45, 7) is 3.71. The van der Waals surface area contributed by atoms with Crippen molar-refractivity contribution in [1.82, 2.24) is 9.55 Å². The van der Waals surface area contributed by atoms with Crippen molar-refractivity contribution in [3.05, 3.63) is 45.0 Å². The van der Waals surface area contributed by atoms with Crippen molar-refractivity contribution in [2.75, 3.05) is 5.32 Å². The number of imidazole rings is 1. The van der Waals surface area contributed by atoms with E-state index in [1.54, 1.807) is 0 Å². The number of rotatable bonds is 4. The van der Waals surface area contributed by atoms with Crippen LogP contribution in [0.1, 0.15) is 12.7 Å². The molecule has 1 heterocycles. The Morgan fingerprint density at radius 2 is 2.29 bits per heavy atom. The van der Waals surface area contributed by atoms with Crippen molar-refractivity contribution >= 4 is 39.9 Å². The molecule has 0 atom stereocenters. The Labute approximate surface area is 119 Å². The number of anilines is 1. The number of halogens is 2. The summed E-state index contributed by atoms with van der Waals surface area (Å²) >= 11 is 8.39. The van der Waals surface area contributed by atoms with Crippen LogP contribution >= 0.6 is 34.2 Å². The van der Waals surface area contributed by atoms with Gasteiger partial charge >= 0.3 is 0 Å². The predicted molar refractivity (Wildman–Crippen MR) is 79.4 cm³/mol. The van der Waals surface area contributed by atoms with Gasteiger partial charge < -0.3 is 9.88 Å². The molecule has 90 valence electrons. The van der Waals surface area contributed by atoms with Crippen molar-refractivity contribution in [2.24, 2.45) is 0 Å². The lowest BCUT2D eigenvalue weighted by molar-refractivity contribution is 0.708. The summed E-state index contributed by atoms with van der Waals surface area (Å²) in [7, 11) is 0. The molecular weight excluding hydrogens is 349 g/mol. The van der Waals surface area contributed by atoms with E-state index in [4.69, 9.17) is 11.6 Å². The maximum Gasteiger partial charge on any atom is 0.128 e. The molecule has 0 aliphatic rings. The Balaban J connectivity index is 2.07. The van der Waals surface area contributed by atoms with E-state index in [1.807, 2.05) is 30.6 Å². The summed E-state index contributed by atoms with van der Waals surface area (Å²) in [5.74, 6) is 1.02. The number of benzene rings is 1. The van der Waals surface area contributed by atoms with Crippen LogP contribution in [0.2, 0.25) is 5.02 Å². The van der Waals surface area contributed by atoms with E-state index in [0.717, 1.165) is 26.6 Å². The highest BCUT2D eigenvalue weighted by molar-refractivity contribution is 14.1. The first-order valence-corrected chi connectivity index (χ1v) is 6.85. The Bertz CT molecular complexity index is 510. The lowest BCUT2D eigenvalue weighted by Crippen LogP contribution is -2.07. The van der Waals surface area contributed by atoms with Crippen molar-refractivity contribution < 1.29 is 0 Å². The van der Waals surface area contributed by atoms with Gasteiger partial charge in [-0.05, 0) is 47.7 Å². The topological polar surface area (TPSA) is 29.9 Å². The SMILES string of the molecule is CCn1ccnc1CNc1ccc(I)cc1Cl. The molecule has 0 aliphatic carbocycles. The van der Waals surface area contributed by atoms with Crippen LogP contribution in [0, 0.1) is 3.57 Å². The van der Waals surface area contributed by atoms with E-state index in [2.05, 4.69) is 44.4 Å². The number of hydrogen-bond donors (Lipinski definition) is 1. The molecule has 1 aromatic carbocycles. The monoisotopic (exact) mass is 361 g/mol. The smallest absolute Gasteiger partial charge is 0.128 e. The van der Waals surface area contributed by atoms with E-state index < -0.39 is 0 Å². The molecule has 0 amide bonds. The van der Waals surface area contributed by atoms with E-state index in [9.17, 15) is 0 Å². The molecule has 1 aromatic heterocycles. The fourth-order valence-corrected chi connectivity index (χ4v) is 2.52. The molecule has 0 radical (unpaired) electrons. The molecule has 0 aliphatic heterocycles. The van der Waals surface area contributed by atoms with Gasteiger partial charge in [0, 0.05) is 22.5 Å². The van der Waals surface area contributed by atoms with Gasteiger partial charge in [-0.3, -0.25) is 0 Å². The maximum absolute atomic E-state index is 6.15. The lowest BCUT2D eigenvalue weighted by Gasteiger charge is -2.09. The standard InChI is InChI=1S/C12H13ClIN3/c1-2-17-6-5-15-12(17)8-16-11-4-3-9(14)7-10(11)13/h3-7,16H,2,8H2,1H3. The molecule has 0 fully saturated rings. The molecule has 0 spiro atoms. The van der Waals surface area contributed by atoms with Crippen LogP contribution in [0.15, 0.2) is 30.6 Å². The number of hydrogen-bond acceptors (Lipinski definition) is 2. The molecule has 0 saturated heterocycles. The fourth-order valence-electron chi connectivity index (χ4n) is 1.60. The van der Waals surface area contributed by atoms with Gasteiger partial charge in [0.05, 0.1) is 17.3 Å². The second-order valence-corrected chi connectivity index (χ2v) is 5.26. The van der Waals surface area contributed by atoms with Gasteiger partial charge in [0.2, 0.25) is 0 Å². The van der Waals surface area contributed by atoms with Gasteiger partial charge in [-0.15, -0.1) is 0 Å². The first-order chi connectivity index (χ1) is 8.20. The van der Waals surface area contributed by atoms with Crippen molar-refractivity contribution in [1.29, 1.82) is 0 Å². The van der Waals surface area contributed by atoms with E-state index in [1.165, 1.54) is 0 Å². The number of aromatic nitrogens is 2. The molecule has 3 nitrogen and oxygen atoms in total. The quantitative estimate of drug-likeness (QED) is 0.840. The Morgan fingerprint density at radius 3 is 3.00 bits per heavy atom. The molecule has 2 aromatic rings. The minimum absolute atomic E-state index is 0.682. The third-order valence-electron chi connectivity index (χ3n) is 2.51. The van der Waals surface area contributed by atoms with Gasteiger partial charge in [0.15, 0.2) is 0 Å². The van der Waals surface area contributed by atoms with Crippen LogP contribution in [-0.4, -0.2) is 9.55 Å². The molecule has 0 bridgehead atoms. The average molecular weight is 362 g/mol. The fraction of sp³-hybridized carbons (Fsp3) is 0.250. The van der Waals surface area contributed by atoms with Crippen LogP contribution in [0.25, 0.3) is 0 Å². The van der Waals surface area contributed by atoms with Crippen LogP contribution in [-0.2, 0) is 13.1 Å². The van der Waals surface area contributed by atoms with Gasteiger partial charge in [-0.25, -0.2) is 4.98 Å². The second-order valence-electron chi connectivity index (χ2n) is 3.61. The van der Waals surface area contributed by atoms with Crippen LogP contribution < -0.4 is 5.32 Å². The highest BCUT2D eigenvalue weighted by Gasteiger charge is 2.03. The van der Waals surface area contributed by atoms with Gasteiger partial charge in [-0.1, -0.05) is 11.6 Å². The molecule has 2 rings (SSSR count). The van der Waals surface area contributed by atoms with E-state index in [0.29, 0.717) is 6.54 Å². The van der Waals surface area contributed by atoms with E-state index in [-0.39, 0.29) is 0 Å². The van der Waals surface area contributed by atoms with Crippen LogP contribution in [0.5, 0.6) is 0 Å². The van der Waals surface area contributed by atoms with Crippen LogP contribution in [0.3, 0.4) is 0 Å². The Hall–Kier alpha value is -0.750. The van der Waals surface area contributed by atoms with Crippen LogP contribution in [0.4, 0.5) is 5.69 Å².